The van der Waals surface area contributed by atoms with Crippen molar-refractivity contribution in [2.45, 2.75) is 31.7 Å². The first-order valence-corrected chi connectivity index (χ1v) is 6.47. The molecule has 0 saturated carbocycles. The van der Waals surface area contributed by atoms with Crippen LogP contribution in [0.2, 0.25) is 0 Å². The molecule has 1 aromatic rings. The van der Waals surface area contributed by atoms with Gasteiger partial charge in [-0.05, 0) is 44.0 Å². The number of nitrogens with zero attached hydrogens (tertiary/aromatic N) is 1. The molecule has 17 heavy (non-hydrogen) atoms. The van der Waals surface area contributed by atoms with Crippen LogP contribution in [0.1, 0.15) is 24.8 Å². The van der Waals surface area contributed by atoms with Gasteiger partial charge in [-0.2, -0.15) is 0 Å². The molecule has 1 saturated heterocycles. The zero-order valence-corrected chi connectivity index (χ0v) is 10.2. The van der Waals surface area contributed by atoms with E-state index in [1.165, 1.54) is 25.3 Å². The van der Waals surface area contributed by atoms with E-state index in [-0.39, 0.29) is 11.9 Å². The van der Waals surface area contributed by atoms with Crippen LogP contribution >= 0.6 is 0 Å². The Morgan fingerprint density at radius 3 is 2.59 bits per heavy atom. The monoisotopic (exact) mass is 236 g/mol. The summed E-state index contributed by atoms with van der Waals surface area (Å²) in [5, 5.41) is 0. The van der Waals surface area contributed by atoms with Crippen LogP contribution in [0.15, 0.2) is 24.3 Å². The van der Waals surface area contributed by atoms with Crippen molar-refractivity contribution < 1.29 is 4.39 Å². The average Bonchev–Trinajstić information content (AvgIpc) is 2.33. The summed E-state index contributed by atoms with van der Waals surface area (Å²) in [5.41, 5.74) is 6.83. The summed E-state index contributed by atoms with van der Waals surface area (Å²) in [4.78, 5) is 2.40. The lowest BCUT2D eigenvalue weighted by atomic mass is 10.0. The van der Waals surface area contributed by atoms with Gasteiger partial charge in [0, 0.05) is 12.6 Å². The van der Waals surface area contributed by atoms with Crippen LogP contribution in [-0.4, -0.2) is 30.6 Å². The molecule has 94 valence electrons. The lowest BCUT2D eigenvalue weighted by Gasteiger charge is -2.29. The fourth-order valence-corrected chi connectivity index (χ4v) is 2.48. The van der Waals surface area contributed by atoms with E-state index in [1.54, 1.807) is 6.07 Å². The smallest absolute Gasteiger partial charge is 0.126 e. The van der Waals surface area contributed by atoms with Crippen LogP contribution in [0.4, 0.5) is 4.39 Å². The number of benzene rings is 1. The Kier molecular flexibility index (Phi) is 4.51. The third-order valence-electron chi connectivity index (χ3n) is 3.38. The first-order chi connectivity index (χ1) is 8.25. The highest BCUT2D eigenvalue weighted by Crippen LogP contribution is 2.12. The number of hydrogen-bond donors (Lipinski definition) is 1. The lowest BCUT2D eigenvalue weighted by Crippen LogP contribution is -2.41. The Hall–Kier alpha value is -0.930. The van der Waals surface area contributed by atoms with E-state index in [4.69, 9.17) is 5.73 Å². The third kappa shape index (κ3) is 3.79. The zero-order chi connectivity index (χ0) is 12.1. The molecule has 0 aromatic heterocycles. The molecule has 2 nitrogen and oxygen atoms in total. The molecule has 0 spiro atoms. The van der Waals surface area contributed by atoms with Crippen molar-refractivity contribution >= 4 is 0 Å². The quantitative estimate of drug-likeness (QED) is 0.868. The molecular weight excluding hydrogens is 215 g/mol. The van der Waals surface area contributed by atoms with E-state index in [2.05, 4.69) is 4.90 Å². The summed E-state index contributed by atoms with van der Waals surface area (Å²) in [7, 11) is 0. The number of piperidine rings is 1. The SMILES string of the molecule is NC(Cc1ccccc1F)CN1CCCCC1. The lowest BCUT2D eigenvalue weighted by molar-refractivity contribution is 0.215. The fourth-order valence-electron chi connectivity index (χ4n) is 2.48. The topological polar surface area (TPSA) is 29.3 Å². The van der Waals surface area contributed by atoms with Gasteiger partial charge in [-0.1, -0.05) is 24.6 Å². The van der Waals surface area contributed by atoms with Gasteiger partial charge in [-0.15, -0.1) is 0 Å². The predicted octanol–water partition coefficient (Wildman–Crippen LogP) is 2.18. The zero-order valence-electron chi connectivity index (χ0n) is 10.2. The van der Waals surface area contributed by atoms with Crippen molar-refractivity contribution in [1.29, 1.82) is 0 Å². The molecule has 1 fully saturated rings. The van der Waals surface area contributed by atoms with Crippen LogP contribution in [0.5, 0.6) is 0 Å². The minimum Gasteiger partial charge on any atom is -0.326 e. The molecule has 1 aliphatic rings. The van der Waals surface area contributed by atoms with Gasteiger partial charge >= 0.3 is 0 Å². The van der Waals surface area contributed by atoms with Crippen LogP contribution in [-0.2, 0) is 6.42 Å². The maximum atomic E-state index is 13.5. The van der Waals surface area contributed by atoms with Crippen molar-refractivity contribution in [3.05, 3.63) is 35.6 Å². The highest BCUT2D eigenvalue weighted by Gasteiger charge is 2.14. The summed E-state index contributed by atoms with van der Waals surface area (Å²) in [6.07, 6.45) is 4.50. The third-order valence-corrected chi connectivity index (χ3v) is 3.38. The van der Waals surface area contributed by atoms with E-state index >= 15 is 0 Å². The highest BCUT2D eigenvalue weighted by atomic mass is 19.1. The van der Waals surface area contributed by atoms with Crippen molar-refractivity contribution in [1.82, 2.24) is 4.90 Å². The van der Waals surface area contributed by atoms with Crippen LogP contribution in [0.3, 0.4) is 0 Å². The molecule has 1 aromatic carbocycles. The fraction of sp³-hybridized carbons (Fsp3) is 0.571. The molecule has 0 aliphatic carbocycles. The molecule has 0 radical (unpaired) electrons. The van der Waals surface area contributed by atoms with Crippen LogP contribution < -0.4 is 5.73 Å². The second-order valence-corrected chi connectivity index (χ2v) is 4.92. The summed E-state index contributed by atoms with van der Waals surface area (Å²) in [6.45, 7) is 3.17. The minimum absolute atomic E-state index is 0.0324. The molecule has 1 aliphatic heterocycles. The first-order valence-electron chi connectivity index (χ1n) is 6.47. The van der Waals surface area contributed by atoms with Gasteiger partial charge in [0.05, 0.1) is 0 Å². The summed E-state index contributed by atoms with van der Waals surface area (Å²) >= 11 is 0. The second kappa shape index (κ2) is 6.12. The highest BCUT2D eigenvalue weighted by molar-refractivity contribution is 5.18. The minimum atomic E-state index is -0.137. The number of rotatable bonds is 4. The van der Waals surface area contributed by atoms with Crippen molar-refractivity contribution in [3.8, 4) is 0 Å². The molecule has 0 bridgehead atoms. The molecular formula is C14H21FN2. The van der Waals surface area contributed by atoms with Crippen LogP contribution in [0, 0.1) is 5.82 Å². The van der Waals surface area contributed by atoms with Crippen molar-refractivity contribution in [2.75, 3.05) is 19.6 Å². The first kappa shape index (κ1) is 12.5. The number of nitrogens with two attached hydrogens (primary N) is 1. The van der Waals surface area contributed by atoms with E-state index < -0.39 is 0 Å². The van der Waals surface area contributed by atoms with Crippen molar-refractivity contribution in [3.63, 3.8) is 0 Å². The summed E-state index contributed by atoms with van der Waals surface area (Å²) in [5.74, 6) is -0.137. The Labute approximate surface area is 103 Å². The average molecular weight is 236 g/mol. The normalized spacial score (nSPS) is 19.2. The van der Waals surface area contributed by atoms with E-state index in [0.29, 0.717) is 6.42 Å². The van der Waals surface area contributed by atoms with E-state index in [9.17, 15) is 4.39 Å². The molecule has 0 amide bonds. The standard InChI is InChI=1S/C14H21FN2/c15-14-7-3-2-6-12(14)10-13(16)11-17-8-4-1-5-9-17/h2-3,6-7,13H,1,4-5,8-11,16H2. The molecule has 1 atom stereocenters. The molecule has 1 unspecified atom stereocenters. The maximum Gasteiger partial charge on any atom is 0.126 e. The van der Waals surface area contributed by atoms with E-state index in [1.807, 2.05) is 12.1 Å². The molecule has 1 heterocycles. The summed E-state index contributed by atoms with van der Waals surface area (Å²) < 4.78 is 13.5. The Morgan fingerprint density at radius 2 is 1.88 bits per heavy atom. The van der Waals surface area contributed by atoms with Gasteiger partial charge in [-0.3, -0.25) is 0 Å². The summed E-state index contributed by atoms with van der Waals surface area (Å²) in [6, 6.07) is 6.94. The van der Waals surface area contributed by atoms with Gasteiger partial charge < -0.3 is 10.6 Å². The second-order valence-electron chi connectivity index (χ2n) is 4.92. The number of hydrogen-bond acceptors (Lipinski definition) is 2. The van der Waals surface area contributed by atoms with Gasteiger partial charge in [0.25, 0.3) is 0 Å². The van der Waals surface area contributed by atoms with Crippen molar-refractivity contribution in [2.24, 2.45) is 5.73 Å². The maximum absolute atomic E-state index is 13.5. The Bertz CT molecular complexity index is 348. The molecule has 2 N–H and O–H groups in total. The number of likely N-dealkylation sites (tertiary alicyclic amines) is 1. The molecule has 3 heteroatoms. The van der Waals surface area contributed by atoms with Gasteiger partial charge in [0.15, 0.2) is 0 Å². The van der Waals surface area contributed by atoms with Gasteiger partial charge in [0.1, 0.15) is 5.82 Å². The van der Waals surface area contributed by atoms with E-state index in [0.717, 1.165) is 25.2 Å². The largest absolute Gasteiger partial charge is 0.326 e. The molecule has 2 rings (SSSR count). The Balaban J connectivity index is 1.84. The van der Waals surface area contributed by atoms with Crippen LogP contribution in [0.25, 0.3) is 0 Å². The Morgan fingerprint density at radius 1 is 1.18 bits per heavy atom. The van der Waals surface area contributed by atoms with Gasteiger partial charge in [-0.25, -0.2) is 4.39 Å². The van der Waals surface area contributed by atoms with Gasteiger partial charge in [0.2, 0.25) is 0 Å². The predicted molar refractivity (Wildman–Crippen MR) is 68.4 cm³/mol. The number of halogens is 1.